The summed E-state index contributed by atoms with van der Waals surface area (Å²) < 4.78 is 0. The van der Waals surface area contributed by atoms with Gasteiger partial charge in [-0.2, -0.15) is 0 Å². The number of fused-ring (bicyclic) bond motifs is 2. The van der Waals surface area contributed by atoms with Crippen molar-refractivity contribution in [3.05, 3.63) is 0 Å². The Morgan fingerprint density at radius 2 is 2.11 bits per heavy atom. The smallest absolute Gasteiger partial charge is 0.00955 e. The predicted molar refractivity (Wildman–Crippen MR) is 41.0 cm³/mol. The maximum atomic E-state index is 2.51. The minimum Gasteiger partial charge on any atom is -0.303 e. The molecule has 9 heavy (non-hydrogen) atoms. The zero-order valence-electron chi connectivity index (χ0n) is 5.84. The van der Waals surface area contributed by atoms with Crippen LogP contribution in [0, 0.1) is 5.92 Å². The molecule has 0 aromatic rings. The van der Waals surface area contributed by atoms with Gasteiger partial charge in [0, 0.05) is 12.6 Å². The Morgan fingerprint density at radius 3 is 2.33 bits per heavy atom. The van der Waals surface area contributed by atoms with Gasteiger partial charge >= 0.3 is 0 Å². The van der Waals surface area contributed by atoms with E-state index in [0.29, 0.717) is 0 Å². The summed E-state index contributed by atoms with van der Waals surface area (Å²) in [5, 5.41) is 0. The standard InChI is InChI=1S/C7H13N.ClH/c1-8-5-6-2-3-7(8)4-6;/h6-7H,2-5H2,1H3;1H/t6?,7-;/m0./s1. The number of nitrogens with zero attached hydrogens (tertiary/aromatic N) is 1. The first-order valence-electron chi connectivity index (χ1n) is 3.56. The summed E-state index contributed by atoms with van der Waals surface area (Å²) in [6.45, 7) is 1.38. The summed E-state index contributed by atoms with van der Waals surface area (Å²) in [4.78, 5) is 2.51. The SMILES string of the molecule is CN1CC2CC[C@H]1C2.Cl. The van der Waals surface area contributed by atoms with Crippen molar-refractivity contribution in [1.29, 1.82) is 0 Å². The predicted octanol–water partition coefficient (Wildman–Crippen LogP) is 1.52. The van der Waals surface area contributed by atoms with Crippen LogP contribution in [-0.2, 0) is 0 Å². The number of hydrogen-bond donors (Lipinski definition) is 0. The molecular weight excluding hydrogens is 134 g/mol. The minimum absolute atomic E-state index is 0. The Balaban J connectivity index is 0.000000405. The first-order valence-corrected chi connectivity index (χ1v) is 3.56. The molecule has 0 N–H and O–H groups in total. The van der Waals surface area contributed by atoms with Gasteiger partial charge in [-0.15, -0.1) is 12.4 Å². The molecule has 1 aliphatic carbocycles. The van der Waals surface area contributed by atoms with Crippen molar-refractivity contribution in [3.63, 3.8) is 0 Å². The third-order valence-electron chi connectivity index (χ3n) is 2.68. The fraction of sp³-hybridized carbons (Fsp3) is 1.00. The summed E-state index contributed by atoms with van der Waals surface area (Å²) in [6.07, 6.45) is 4.48. The van der Waals surface area contributed by atoms with Gasteiger partial charge in [-0.3, -0.25) is 0 Å². The second-order valence-corrected chi connectivity index (χ2v) is 3.27. The van der Waals surface area contributed by atoms with Crippen molar-refractivity contribution in [2.24, 2.45) is 5.92 Å². The van der Waals surface area contributed by atoms with Crippen molar-refractivity contribution < 1.29 is 0 Å². The fourth-order valence-corrected chi connectivity index (χ4v) is 2.17. The van der Waals surface area contributed by atoms with E-state index in [1.165, 1.54) is 25.8 Å². The van der Waals surface area contributed by atoms with Crippen molar-refractivity contribution in [3.8, 4) is 0 Å². The highest BCUT2D eigenvalue weighted by Gasteiger charge is 2.34. The van der Waals surface area contributed by atoms with Gasteiger partial charge in [-0.25, -0.2) is 0 Å². The monoisotopic (exact) mass is 147 g/mol. The van der Waals surface area contributed by atoms with Crippen LogP contribution in [0.4, 0.5) is 0 Å². The number of hydrogen-bond acceptors (Lipinski definition) is 1. The minimum atomic E-state index is 0. The Morgan fingerprint density at radius 1 is 1.33 bits per heavy atom. The van der Waals surface area contributed by atoms with Crippen molar-refractivity contribution in [2.75, 3.05) is 13.6 Å². The zero-order valence-corrected chi connectivity index (χ0v) is 6.66. The molecule has 54 valence electrons. The van der Waals surface area contributed by atoms with E-state index in [4.69, 9.17) is 0 Å². The molecule has 2 atom stereocenters. The lowest BCUT2D eigenvalue weighted by Crippen LogP contribution is -2.27. The number of halogens is 1. The molecule has 2 rings (SSSR count). The molecule has 2 fully saturated rings. The first kappa shape index (κ1) is 7.36. The number of rotatable bonds is 0. The molecule has 0 amide bonds. The Labute approximate surface area is 62.8 Å². The van der Waals surface area contributed by atoms with Gasteiger partial charge in [0.05, 0.1) is 0 Å². The van der Waals surface area contributed by atoms with Gasteiger partial charge in [0.15, 0.2) is 0 Å². The van der Waals surface area contributed by atoms with Crippen LogP contribution in [-0.4, -0.2) is 24.5 Å². The quantitative estimate of drug-likeness (QED) is 0.502. The molecule has 0 aromatic heterocycles. The van der Waals surface area contributed by atoms with E-state index in [2.05, 4.69) is 11.9 Å². The van der Waals surface area contributed by atoms with Crippen LogP contribution in [0.25, 0.3) is 0 Å². The molecule has 0 aromatic carbocycles. The van der Waals surface area contributed by atoms with Crippen LogP contribution in [0.1, 0.15) is 19.3 Å². The maximum absolute atomic E-state index is 2.51. The zero-order chi connectivity index (χ0) is 5.56. The lowest BCUT2D eigenvalue weighted by Gasteiger charge is -2.20. The highest BCUT2D eigenvalue weighted by Crippen LogP contribution is 2.35. The molecule has 2 bridgehead atoms. The average Bonchev–Trinajstić information content (AvgIpc) is 2.23. The molecular formula is C7H14ClN. The molecule has 1 nitrogen and oxygen atoms in total. The largest absolute Gasteiger partial charge is 0.303 e. The molecule has 1 saturated carbocycles. The fourth-order valence-electron chi connectivity index (χ4n) is 2.17. The average molecular weight is 148 g/mol. The van der Waals surface area contributed by atoms with Crippen LogP contribution < -0.4 is 0 Å². The molecule has 1 aliphatic heterocycles. The van der Waals surface area contributed by atoms with Crippen LogP contribution in [0.2, 0.25) is 0 Å². The van der Waals surface area contributed by atoms with Crippen molar-refractivity contribution >= 4 is 12.4 Å². The summed E-state index contributed by atoms with van der Waals surface area (Å²) in [5.74, 6) is 1.07. The lowest BCUT2D eigenvalue weighted by molar-refractivity contribution is 0.261. The van der Waals surface area contributed by atoms with Gasteiger partial charge in [0.2, 0.25) is 0 Å². The van der Waals surface area contributed by atoms with E-state index in [1.807, 2.05) is 0 Å². The van der Waals surface area contributed by atoms with Gasteiger partial charge in [0.1, 0.15) is 0 Å². The highest BCUT2D eigenvalue weighted by molar-refractivity contribution is 5.85. The van der Waals surface area contributed by atoms with E-state index < -0.39 is 0 Å². The van der Waals surface area contributed by atoms with Gasteiger partial charge in [0.25, 0.3) is 0 Å². The van der Waals surface area contributed by atoms with E-state index in [-0.39, 0.29) is 12.4 Å². The van der Waals surface area contributed by atoms with E-state index >= 15 is 0 Å². The lowest BCUT2D eigenvalue weighted by atomic mass is 10.1. The Hall–Kier alpha value is 0.250. The topological polar surface area (TPSA) is 3.24 Å². The van der Waals surface area contributed by atoms with Gasteiger partial charge in [-0.05, 0) is 32.2 Å². The third kappa shape index (κ3) is 1.08. The molecule has 0 spiro atoms. The summed E-state index contributed by atoms with van der Waals surface area (Å²) in [5.41, 5.74) is 0. The van der Waals surface area contributed by atoms with Gasteiger partial charge < -0.3 is 4.90 Å². The van der Waals surface area contributed by atoms with Crippen LogP contribution in [0.15, 0.2) is 0 Å². The van der Waals surface area contributed by atoms with Crippen LogP contribution in [0.3, 0.4) is 0 Å². The second kappa shape index (κ2) is 2.47. The van der Waals surface area contributed by atoms with Crippen molar-refractivity contribution in [1.82, 2.24) is 4.90 Å². The van der Waals surface area contributed by atoms with E-state index in [9.17, 15) is 0 Å². The molecule has 2 aliphatic rings. The van der Waals surface area contributed by atoms with Crippen LogP contribution >= 0.6 is 12.4 Å². The normalized spacial score (nSPS) is 41.0. The summed E-state index contributed by atoms with van der Waals surface area (Å²) >= 11 is 0. The third-order valence-corrected chi connectivity index (χ3v) is 2.68. The molecule has 1 unspecified atom stereocenters. The number of likely N-dealkylation sites (tertiary alicyclic amines) is 1. The van der Waals surface area contributed by atoms with E-state index in [0.717, 1.165) is 12.0 Å². The first-order chi connectivity index (χ1) is 3.86. The van der Waals surface area contributed by atoms with Crippen molar-refractivity contribution in [2.45, 2.75) is 25.3 Å². The summed E-state index contributed by atoms with van der Waals surface area (Å²) in [7, 11) is 2.25. The number of piperidine rings is 1. The molecule has 1 heterocycles. The maximum Gasteiger partial charge on any atom is 0.00955 e. The second-order valence-electron chi connectivity index (χ2n) is 3.27. The Bertz CT molecular complexity index is 103. The molecule has 0 radical (unpaired) electrons. The Kier molecular flexibility index (Phi) is 2.02. The summed E-state index contributed by atoms with van der Waals surface area (Å²) in [6, 6.07) is 0.972. The highest BCUT2D eigenvalue weighted by atomic mass is 35.5. The van der Waals surface area contributed by atoms with Crippen LogP contribution in [0.5, 0.6) is 0 Å². The van der Waals surface area contributed by atoms with E-state index in [1.54, 1.807) is 0 Å². The molecule has 2 heteroatoms. The molecule has 1 saturated heterocycles. The van der Waals surface area contributed by atoms with Gasteiger partial charge in [-0.1, -0.05) is 0 Å².